The van der Waals surface area contributed by atoms with Gasteiger partial charge in [0.25, 0.3) is 0 Å². The van der Waals surface area contributed by atoms with E-state index < -0.39 is 10.0 Å². The molecule has 0 aliphatic carbocycles. The normalized spacial score (nSPS) is 16.6. The first-order chi connectivity index (χ1) is 16.0. The van der Waals surface area contributed by atoms with Crippen LogP contribution in [0.4, 0.5) is 0 Å². The van der Waals surface area contributed by atoms with Gasteiger partial charge in [-0.15, -0.1) is 0 Å². The van der Waals surface area contributed by atoms with E-state index in [1.165, 1.54) is 11.1 Å². The van der Waals surface area contributed by atoms with Crippen LogP contribution in [0.1, 0.15) is 17.2 Å². The molecule has 0 amide bonds. The summed E-state index contributed by atoms with van der Waals surface area (Å²) >= 11 is 3.53. The molecule has 1 fully saturated rings. The van der Waals surface area contributed by atoms with Crippen molar-refractivity contribution < 1.29 is 8.42 Å². The van der Waals surface area contributed by atoms with Gasteiger partial charge in [0.05, 0.1) is 10.9 Å². The van der Waals surface area contributed by atoms with Crippen LogP contribution in [0.2, 0.25) is 0 Å². The molecule has 1 aliphatic rings. The van der Waals surface area contributed by atoms with E-state index in [4.69, 9.17) is 0 Å². The minimum Gasteiger partial charge on any atom is -0.290 e. The minimum atomic E-state index is -3.57. The van der Waals surface area contributed by atoms with Gasteiger partial charge in [-0.1, -0.05) is 94.8 Å². The summed E-state index contributed by atoms with van der Waals surface area (Å²) in [5.74, 6) is 0. The average Bonchev–Trinajstić information content (AvgIpc) is 2.86. The Kier molecular flexibility index (Phi) is 6.34. The number of hydrogen-bond donors (Lipinski definition) is 0. The highest BCUT2D eigenvalue weighted by Crippen LogP contribution is 2.32. The predicted octanol–water partition coefficient (Wildman–Crippen LogP) is 5.70. The van der Waals surface area contributed by atoms with Gasteiger partial charge in [0, 0.05) is 36.0 Å². The van der Waals surface area contributed by atoms with E-state index in [2.05, 4.69) is 69.4 Å². The van der Waals surface area contributed by atoms with Crippen LogP contribution < -0.4 is 0 Å². The zero-order chi connectivity index (χ0) is 22.8. The molecule has 4 aromatic carbocycles. The van der Waals surface area contributed by atoms with Gasteiger partial charge < -0.3 is 0 Å². The summed E-state index contributed by atoms with van der Waals surface area (Å²) in [5, 5.41) is 1.72. The Labute approximate surface area is 203 Å². The molecule has 4 aromatic rings. The monoisotopic (exact) mass is 520 g/mol. The Hall–Kier alpha value is -2.51. The lowest BCUT2D eigenvalue weighted by Gasteiger charge is -2.39. The van der Waals surface area contributed by atoms with Crippen molar-refractivity contribution >= 4 is 36.7 Å². The summed E-state index contributed by atoms with van der Waals surface area (Å²) in [6.45, 7) is 2.26. The van der Waals surface area contributed by atoms with Crippen molar-refractivity contribution in [3.63, 3.8) is 0 Å². The van der Waals surface area contributed by atoms with Gasteiger partial charge in [-0.05, 0) is 34.7 Å². The van der Waals surface area contributed by atoms with E-state index in [0.29, 0.717) is 31.1 Å². The summed E-state index contributed by atoms with van der Waals surface area (Å²) in [5.41, 5.74) is 2.42. The third-order valence-corrected chi connectivity index (χ3v) is 8.79. The molecule has 168 valence electrons. The first-order valence-corrected chi connectivity index (χ1v) is 13.3. The van der Waals surface area contributed by atoms with Crippen LogP contribution in [0.5, 0.6) is 0 Å². The smallest absolute Gasteiger partial charge is 0.243 e. The average molecular weight is 521 g/mol. The number of piperazine rings is 1. The Morgan fingerprint density at radius 2 is 1.27 bits per heavy atom. The molecule has 5 rings (SSSR count). The maximum absolute atomic E-state index is 13.6. The van der Waals surface area contributed by atoms with Crippen molar-refractivity contribution in [1.82, 2.24) is 9.21 Å². The summed E-state index contributed by atoms with van der Waals surface area (Å²) < 4.78 is 29.8. The van der Waals surface area contributed by atoms with Crippen molar-refractivity contribution in [2.24, 2.45) is 0 Å². The van der Waals surface area contributed by atoms with E-state index >= 15 is 0 Å². The van der Waals surface area contributed by atoms with Crippen molar-refractivity contribution in [2.75, 3.05) is 26.2 Å². The second-order valence-corrected chi connectivity index (χ2v) is 11.1. The molecule has 0 N–H and O–H groups in total. The third kappa shape index (κ3) is 4.49. The first kappa shape index (κ1) is 22.3. The topological polar surface area (TPSA) is 40.6 Å². The fourth-order valence-electron chi connectivity index (χ4n) is 4.66. The summed E-state index contributed by atoms with van der Waals surface area (Å²) in [7, 11) is -3.57. The number of halogens is 1. The Morgan fingerprint density at radius 3 is 2.00 bits per heavy atom. The van der Waals surface area contributed by atoms with Crippen LogP contribution in [0.25, 0.3) is 10.8 Å². The van der Waals surface area contributed by atoms with Crippen LogP contribution in [0, 0.1) is 0 Å². The Morgan fingerprint density at radius 1 is 0.667 bits per heavy atom. The number of nitrogens with zero attached hydrogens (tertiary/aromatic N) is 2. The number of benzene rings is 4. The highest BCUT2D eigenvalue weighted by Gasteiger charge is 2.32. The fraction of sp³-hybridized carbons (Fsp3) is 0.185. The SMILES string of the molecule is O=S(=O)(c1cccc2ccccc12)N1CCN(C(c2ccccc2)c2ccc(Br)cc2)CC1. The summed E-state index contributed by atoms with van der Waals surface area (Å²) in [6, 6.07) is 32.1. The predicted molar refractivity (Wildman–Crippen MR) is 137 cm³/mol. The van der Waals surface area contributed by atoms with Gasteiger partial charge in [-0.25, -0.2) is 8.42 Å². The lowest BCUT2D eigenvalue weighted by atomic mass is 9.96. The zero-order valence-corrected chi connectivity index (χ0v) is 20.5. The fourth-order valence-corrected chi connectivity index (χ4v) is 6.56. The van der Waals surface area contributed by atoms with Crippen LogP contribution >= 0.6 is 15.9 Å². The third-order valence-electron chi connectivity index (χ3n) is 6.31. The zero-order valence-electron chi connectivity index (χ0n) is 18.1. The Bertz CT molecular complexity index is 1340. The molecule has 1 heterocycles. The molecule has 33 heavy (non-hydrogen) atoms. The molecule has 0 spiro atoms. The number of sulfonamides is 1. The lowest BCUT2D eigenvalue weighted by molar-refractivity contribution is 0.156. The molecule has 0 bridgehead atoms. The van der Waals surface area contributed by atoms with E-state index in [1.54, 1.807) is 10.4 Å². The van der Waals surface area contributed by atoms with Gasteiger partial charge in [-0.3, -0.25) is 4.90 Å². The maximum Gasteiger partial charge on any atom is 0.243 e. The molecule has 1 saturated heterocycles. The van der Waals surface area contributed by atoms with E-state index in [-0.39, 0.29) is 6.04 Å². The molecule has 0 aromatic heterocycles. The van der Waals surface area contributed by atoms with Gasteiger partial charge in [0.1, 0.15) is 0 Å². The standard InChI is InChI=1S/C27H25BrN2O2S/c28-24-15-13-23(14-16-24)27(22-8-2-1-3-9-22)29-17-19-30(20-18-29)33(31,32)26-12-6-10-21-7-4-5-11-25(21)26/h1-16,27H,17-20H2. The minimum absolute atomic E-state index is 0.0849. The van der Waals surface area contributed by atoms with Gasteiger partial charge >= 0.3 is 0 Å². The second kappa shape index (κ2) is 9.39. The molecule has 0 saturated carbocycles. The quantitative estimate of drug-likeness (QED) is 0.339. The molecule has 0 radical (unpaired) electrons. The van der Waals surface area contributed by atoms with Crippen LogP contribution in [-0.4, -0.2) is 43.8 Å². The second-order valence-electron chi connectivity index (χ2n) is 8.28. The van der Waals surface area contributed by atoms with Gasteiger partial charge in [0.2, 0.25) is 10.0 Å². The van der Waals surface area contributed by atoms with E-state index in [0.717, 1.165) is 15.2 Å². The van der Waals surface area contributed by atoms with Crippen molar-refractivity contribution in [3.8, 4) is 0 Å². The molecular formula is C27H25BrN2O2S. The van der Waals surface area contributed by atoms with Crippen molar-refractivity contribution in [1.29, 1.82) is 0 Å². The van der Waals surface area contributed by atoms with E-state index in [1.807, 2.05) is 42.5 Å². The first-order valence-electron chi connectivity index (χ1n) is 11.1. The van der Waals surface area contributed by atoms with E-state index in [9.17, 15) is 8.42 Å². The molecule has 6 heteroatoms. The largest absolute Gasteiger partial charge is 0.290 e. The highest BCUT2D eigenvalue weighted by atomic mass is 79.9. The van der Waals surface area contributed by atoms with Crippen LogP contribution in [-0.2, 0) is 10.0 Å². The Balaban J connectivity index is 1.41. The van der Waals surface area contributed by atoms with Gasteiger partial charge in [0.15, 0.2) is 0 Å². The van der Waals surface area contributed by atoms with Gasteiger partial charge in [-0.2, -0.15) is 4.31 Å². The molecule has 1 atom stereocenters. The molecule has 1 aliphatic heterocycles. The van der Waals surface area contributed by atoms with Crippen LogP contribution in [0.15, 0.2) is 106 Å². The number of rotatable bonds is 5. The lowest BCUT2D eigenvalue weighted by Crippen LogP contribution is -2.49. The van der Waals surface area contributed by atoms with Crippen molar-refractivity contribution in [2.45, 2.75) is 10.9 Å². The van der Waals surface area contributed by atoms with Crippen molar-refractivity contribution in [3.05, 3.63) is 113 Å². The van der Waals surface area contributed by atoms with Crippen LogP contribution in [0.3, 0.4) is 0 Å². The highest BCUT2D eigenvalue weighted by molar-refractivity contribution is 9.10. The summed E-state index contributed by atoms with van der Waals surface area (Å²) in [6.07, 6.45) is 0. The molecular weight excluding hydrogens is 496 g/mol. The number of fused-ring (bicyclic) bond motifs is 1. The molecule has 4 nitrogen and oxygen atoms in total. The number of hydrogen-bond acceptors (Lipinski definition) is 3. The summed E-state index contributed by atoms with van der Waals surface area (Å²) in [4.78, 5) is 2.77. The maximum atomic E-state index is 13.6. The molecule has 1 unspecified atom stereocenters.